The van der Waals surface area contributed by atoms with E-state index in [1.165, 1.54) is 9.21 Å². The van der Waals surface area contributed by atoms with Gasteiger partial charge in [-0.2, -0.15) is 0 Å². The Morgan fingerprint density at radius 3 is 2.32 bits per heavy atom. The summed E-state index contributed by atoms with van der Waals surface area (Å²) in [5.41, 5.74) is 1.15. The van der Waals surface area contributed by atoms with Crippen molar-refractivity contribution >= 4 is 39.1 Å². The Morgan fingerprint density at radius 1 is 1.05 bits per heavy atom. The molecule has 0 aliphatic heterocycles. The number of nitrogens with one attached hydrogen (secondary N) is 1. The van der Waals surface area contributed by atoms with Crippen molar-refractivity contribution in [1.82, 2.24) is 10.2 Å². The zero-order chi connectivity index (χ0) is 27.6. The fourth-order valence-electron chi connectivity index (χ4n) is 3.78. The zero-order valence-corrected chi connectivity index (χ0v) is 23.8. The van der Waals surface area contributed by atoms with E-state index in [0.29, 0.717) is 23.1 Å². The van der Waals surface area contributed by atoms with Crippen LogP contribution >= 0.6 is 11.6 Å². The number of nitrogens with zero attached hydrogens (tertiary/aromatic N) is 2. The number of carbonyl (C=O) groups excluding carboxylic acids is 2. The number of hydrogen-bond acceptors (Lipinski definition) is 5. The molecule has 10 heteroatoms. The van der Waals surface area contributed by atoms with Gasteiger partial charge in [0.25, 0.3) is 0 Å². The third-order valence-corrected chi connectivity index (χ3v) is 7.60. The average molecular weight is 552 g/mol. The van der Waals surface area contributed by atoms with Crippen LogP contribution in [0.25, 0.3) is 0 Å². The molecular formula is C27H38ClN3O5S. The van der Waals surface area contributed by atoms with Crippen molar-refractivity contribution in [3.05, 3.63) is 59.1 Å². The largest absolute Gasteiger partial charge is 0.492 e. The highest BCUT2D eigenvalue weighted by molar-refractivity contribution is 7.92. The van der Waals surface area contributed by atoms with Crippen molar-refractivity contribution in [3.63, 3.8) is 0 Å². The molecule has 2 rings (SSSR count). The van der Waals surface area contributed by atoms with Crippen molar-refractivity contribution in [3.8, 4) is 5.75 Å². The van der Waals surface area contributed by atoms with Crippen LogP contribution < -0.4 is 14.4 Å². The summed E-state index contributed by atoms with van der Waals surface area (Å²) in [5, 5.41) is 3.44. The predicted molar refractivity (Wildman–Crippen MR) is 148 cm³/mol. The Bertz CT molecular complexity index is 1160. The van der Waals surface area contributed by atoms with Crippen molar-refractivity contribution in [2.45, 2.75) is 65.6 Å². The lowest BCUT2D eigenvalue weighted by Gasteiger charge is -2.30. The molecule has 204 valence electrons. The van der Waals surface area contributed by atoms with Gasteiger partial charge >= 0.3 is 0 Å². The molecule has 0 radical (unpaired) electrons. The highest BCUT2D eigenvalue weighted by Gasteiger charge is 2.28. The molecule has 2 aromatic rings. The molecule has 2 atom stereocenters. The summed E-state index contributed by atoms with van der Waals surface area (Å²) in [6, 6.07) is 13.3. The minimum Gasteiger partial charge on any atom is -0.492 e. The summed E-state index contributed by atoms with van der Waals surface area (Å²) in [7, 11) is -3.63. The highest BCUT2D eigenvalue weighted by atomic mass is 35.5. The van der Waals surface area contributed by atoms with Crippen molar-refractivity contribution in [2.24, 2.45) is 0 Å². The lowest BCUT2D eigenvalue weighted by Crippen LogP contribution is -2.49. The summed E-state index contributed by atoms with van der Waals surface area (Å²) in [6.45, 7) is 8.03. The van der Waals surface area contributed by atoms with Gasteiger partial charge in [-0.05, 0) is 57.4 Å². The summed E-state index contributed by atoms with van der Waals surface area (Å²) in [4.78, 5) is 27.8. The second kappa shape index (κ2) is 14.2. The molecule has 8 nitrogen and oxygen atoms in total. The fraction of sp³-hybridized carbons (Fsp3) is 0.481. The minimum absolute atomic E-state index is 0.0269. The lowest BCUT2D eigenvalue weighted by molar-refractivity contribution is -0.140. The lowest BCUT2D eigenvalue weighted by atomic mass is 10.1. The van der Waals surface area contributed by atoms with Crippen LogP contribution in [0.3, 0.4) is 0 Å². The van der Waals surface area contributed by atoms with Crippen LogP contribution in [0.2, 0.25) is 5.02 Å². The number of sulfonamides is 1. The van der Waals surface area contributed by atoms with Crippen molar-refractivity contribution in [2.75, 3.05) is 23.7 Å². The number of ether oxygens (including phenoxy) is 1. The average Bonchev–Trinajstić information content (AvgIpc) is 2.85. The molecule has 1 N–H and O–H groups in total. The zero-order valence-electron chi connectivity index (χ0n) is 22.2. The van der Waals surface area contributed by atoms with Gasteiger partial charge in [-0.3, -0.25) is 13.9 Å². The van der Waals surface area contributed by atoms with Crippen LogP contribution in [0.4, 0.5) is 5.69 Å². The van der Waals surface area contributed by atoms with Gasteiger partial charge in [-0.1, -0.05) is 48.9 Å². The molecule has 0 unspecified atom stereocenters. The number of anilines is 1. The van der Waals surface area contributed by atoms with Gasteiger partial charge < -0.3 is 15.0 Å². The number of para-hydroxylation sites is 2. The number of halogens is 1. The van der Waals surface area contributed by atoms with E-state index in [4.69, 9.17) is 16.3 Å². The standard InChI is InChI=1S/C27H38ClN3O5S/c1-6-20(3)29-27(33)21(4)30(19-22-13-8-9-14-23(22)28)26(32)17-12-18-31(37(5,34)35)24-15-10-11-16-25(24)36-7-2/h8-11,13-16,20-21H,6-7,12,17-19H2,1-5H3,(H,29,33)/t20-,21-/m1/s1. The summed E-state index contributed by atoms with van der Waals surface area (Å²) >= 11 is 6.34. The van der Waals surface area contributed by atoms with Gasteiger partial charge in [0.15, 0.2) is 0 Å². The van der Waals surface area contributed by atoms with E-state index in [2.05, 4.69) is 5.32 Å². The maximum Gasteiger partial charge on any atom is 0.242 e. The summed E-state index contributed by atoms with van der Waals surface area (Å²) in [5.74, 6) is -0.0612. The van der Waals surface area contributed by atoms with E-state index in [1.807, 2.05) is 32.9 Å². The Labute approximate surface area is 226 Å². The second-order valence-corrected chi connectivity index (χ2v) is 11.3. The van der Waals surface area contributed by atoms with Gasteiger partial charge in [0.05, 0.1) is 18.6 Å². The monoisotopic (exact) mass is 551 g/mol. The van der Waals surface area contributed by atoms with Crippen LogP contribution in [0.1, 0.15) is 52.5 Å². The normalized spacial score (nSPS) is 12.9. The molecule has 0 heterocycles. The van der Waals surface area contributed by atoms with Gasteiger partial charge in [0, 0.05) is 30.6 Å². The first-order valence-electron chi connectivity index (χ1n) is 12.5. The molecule has 0 aromatic heterocycles. The minimum atomic E-state index is -3.63. The van der Waals surface area contributed by atoms with Gasteiger partial charge in [0.1, 0.15) is 11.8 Å². The van der Waals surface area contributed by atoms with E-state index in [-0.39, 0.29) is 43.8 Å². The molecule has 2 aromatic carbocycles. The molecule has 0 aliphatic carbocycles. The van der Waals surface area contributed by atoms with E-state index in [0.717, 1.165) is 18.2 Å². The topological polar surface area (TPSA) is 96.0 Å². The third-order valence-electron chi connectivity index (χ3n) is 6.05. The quantitative estimate of drug-likeness (QED) is 0.370. The van der Waals surface area contributed by atoms with Crippen LogP contribution in [0.15, 0.2) is 48.5 Å². The molecule has 0 saturated carbocycles. The van der Waals surface area contributed by atoms with Gasteiger partial charge in [-0.25, -0.2) is 8.42 Å². The summed E-state index contributed by atoms with van der Waals surface area (Å²) < 4.78 is 32.1. The Morgan fingerprint density at radius 2 is 1.70 bits per heavy atom. The number of benzene rings is 2. The predicted octanol–water partition coefficient (Wildman–Crippen LogP) is 4.62. The Balaban J connectivity index is 2.22. The fourth-order valence-corrected chi connectivity index (χ4v) is 4.95. The van der Waals surface area contributed by atoms with Crippen LogP contribution in [-0.2, 0) is 26.2 Å². The van der Waals surface area contributed by atoms with E-state index >= 15 is 0 Å². The second-order valence-electron chi connectivity index (χ2n) is 8.95. The van der Waals surface area contributed by atoms with Crippen LogP contribution in [0, 0.1) is 0 Å². The van der Waals surface area contributed by atoms with E-state index in [1.54, 1.807) is 43.3 Å². The highest BCUT2D eigenvalue weighted by Crippen LogP contribution is 2.30. The number of rotatable bonds is 14. The number of carbonyl (C=O) groups is 2. The first kappa shape index (κ1) is 30.4. The van der Waals surface area contributed by atoms with Crippen molar-refractivity contribution in [1.29, 1.82) is 0 Å². The van der Waals surface area contributed by atoms with E-state index < -0.39 is 16.1 Å². The maximum absolute atomic E-state index is 13.4. The molecule has 0 bridgehead atoms. The van der Waals surface area contributed by atoms with Crippen molar-refractivity contribution < 1.29 is 22.7 Å². The number of hydrogen-bond donors (Lipinski definition) is 1. The van der Waals surface area contributed by atoms with Gasteiger partial charge in [-0.15, -0.1) is 0 Å². The first-order valence-corrected chi connectivity index (χ1v) is 14.7. The molecular weight excluding hydrogens is 514 g/mol. The Kier molecular flexibility index (Phi) is 11.7. The number of amides is 2. The first-order chi connectivity index (χ1) is 17.5. The molecule has 0 fully saturated rings. The molecule has 37 heavy (non-hydrogen) atoms. The third kappa shape index (κ3) is 8.93. The van der Waals surface area contributed by atoms with Crippen LogP contribution in [0.5, 0.6) is 5.75 Å². The summed E-state index contributed by atoms with van der Waals surface area (Å²) in [6.07, 6.45) is 2.20. The van der Waals surface area contributed by atoms with Crippen LogP contribution in [-0.4, -0.2) is 56.6 Å². The molecule has 0 saturated heterocycles. The molecule has 0 aliphatic rings. The van der Waals surface area contributed by atoms with Gasteiger partial charge in [0.2, 0.25) is 21.8 Å². The Hall–Kier alpha value is -2.78. The van der Waals surface area contributed by atoms with E-state index in [9.17, 15) is 18.0 Å². The molecule has 0 spiro atoms. The maximum atomic E-state index is 13.4. The molecule has 2 amide bonds. The smallest absolute Gasteiger partial charge is 0.242 e. The SMILES string of the molecule is CCOc1ccccc1N(CCCC(=O)N(Cc1ccccc1Cl)[C@H](C)C(=O)N[C@H](C)CC)S(C)(=O)=O.